The fourth-order valence-electron chi connectivity index (χ4n) is 2.83. The van der Waals surface area contributed by atoms with E-state index in [-0.39, 0.29) is 6.61 Å². The molecule has 2 N–H and O–H groups in total. The second-order valence-corrected chi connectivity index (χ2v) is 8.56. The number of halogens is 2. The molecule has 0 aliphatic heterocycles. The number of benzene rings is 3. The molecule has 0 spiro atoms. The van der Waals surface area contributed by atoms with Crippen molar-refractivity contribution in [2.45, 2.75) is 13.5 Å². The highest BCUT2D eigenvalue weighted by molar-refractivity contribution is 9.10. The molecule has 0 aliphatic carbocycles. The first kappa shape index (κ1) is 25.3. The Balaban J connectivity index is 1.60. The molecule has 2 amide bonds. The third-order valence-electron chi connectivity index (χ3n) is 4.84. The Bertz CT molecular complexity index is 1190. The Morgan fingerprint density at radius 1 is 1.09 bits per heavy atom. The SMILES string of the molecule is COc1ccc(NC(=O)C(C)C(=O)NN=Cc2cc(Br)ccc2OCc2ccccc2Cl)cc1. The van der Waals surface area contributed by atoms with Crippen molar-refractivity contribution in [3.63, 3.8) is 0 Å². The summed E-state index contributed by atoms with van der Waals surface area (Å²) in [5.41, 5.74) is 4.45. The lowest BCUT2D eigenvalue weighted by atomic mass is 10.1. The molecular formula is C25H23BrClN3O4. The summed E-state index contributed by atoms with van der Waals surface area (Å²) in [6.45, 7) is 1.78. The molecule has 3 aromatic carbocycles. The molecular weight excluding hydrogens is 522 g/mol. The van der Waals surface area contributed by atoms with Crippen molar-refractivity contribution in [1.29, 1.82) is 0 Å². The summed E-state index contributed by atoms with van der Waals surface area (Å²) >= 11 is 9.62. The molecule has 1 atom stereocenters. The molecule has 3 aromatic rings. The van der Waals surface area contributed by atoms with Gasteiger partial charge in [0.1, 0.15) is 24.0 Å². The molecule has 0 fully saturated rings. The Hall–Kier alpha value is -3.36. The van der Waals surface area contributed by atoms with E-state index in [1.165, 1.54) is 13.1 Å². The van der Waals surface area contributed by atoms with E-state index in [0.717, 1.165) is 10.0 Å². The van der Waals surface area contributed by atoms with Gasteiger partial charge >= 0.3 is 0 Å². The molecule has 0 aromatic heterocycles. The molecule has 0 bridgehead atoms. The van der Waals surface area contributed by atoms with Crippen LogP contribution in [0.3, 0.4) is 0 Å². The summed E-state index contributed by atoms with van der Waals surface area (Å²) in [6.07, 6.45) is 1.46. The first-order valence-electron chi connectivity index (χ1n) is 10.3. The van der Waals surface area contributed by atoms with Gasteiger partial charge in [0, 0.05) is 26.3 Å². The monoisotopic (exact) mass is 543 g/mol. The van der Waals surface area contributed by atoms with Crippen LogP contribution in [0.25, 0.3) is 0 Å². The first-order valence-corrected chi connectivity index (χ1v) is 11.5. The van der Waals surface area contributed by atoms with Crippen molar-refractivity contribution in [1.82, 2.24) is 5.43 Å². The van der Waals surface area contributed by atoms with Crippen LogP contribution in [-0.4, -0.2) is 25.1 Å². The van der Waals surface area contributed by atoms with Gasteiger partial charge in [-0.2, -0.15) is 5.10 Å². The molecule has 9 heteroatoms. The number of carbonyl (C=O) groups is 2. The van der Waals surface area contributed by atoms with Gasteiger partial charge in [0.15, 0.2) is 0 Å². The number of anilines is 1. The second-order valence-electron chi connectivity index (χ2n) is 7.24. The smallest absolute Gasteiger partial charge is 0.252 e. The third-order valence-corrected chi connectivity index (χ3v) is 5.70. The molecule has 176 valence electrons. The lowest BCUT2D eigenvalue weighted by Gasteiger charge is -2.12. The lowest BCUT2D eigenvalue weighted by Crippen LogP contribution is -2.34. The van der Waals surface area contributed by atoms with Gasteiger partial charge in [0.25, 0.3) is 5.91 Å². The highest BCUT2D eigenvalue weighted by Crippen LogP contribution is 2.24. The van der Waals surface area contributed by atoms with Crippen LogP contribution >= 0.6 is 27.5 Å². The van der Waals surface area contributed by atoms with Gasteiger partial charge in [-0.15, -0.1) is 0 Å². The molecule has 1 unspecified atom stereocenters. The minimum Gasteiger partial charge on any atom is -0.497 e. The minimum absolute atomic E-state index is 0.275. The average Bonchev–Trinajstić information content (AvgIpc) is 2.84. The van der Waals surface area contributed by atoms with Crippen molar-refractivity contribution < 1.29 is 19.1 Å². The van der Waals surface area contributed by atoms with Crippen molar-refractivity contribution in [3.8, 4) is 11.5 Å². The maximum Gasteiger partial charge on any atom is 0.252 e. The van der Waals surface area contributed by atoms with E-state index in [4.69, 9.17) is 21.1 Å². The Labute approximate surface area is 211 Å². The summed E-state index contributed by atoms with van der Waals surface area (Å²) in [7, 11) is 1.56. The van der Waals surface area contributed by atoms with Crippen molar-refractivity contribution in [2.24, 2.45) is 11.0 Å². The van der Waals surface area contributed by atoms with E-state index < -0.39 is 17.7 Å². The van der Waals surface area contributed by atoms with E-state index in [2.05, 4.69) is 31.8 Å². The van der Waals surface area contributed by atoms with Gasteiger partial charge in [-0.05, 0) is 55.5 Å². The normalized spacial score (nSPS) is 11.6. The van der Waals surface area contributed by atoms with E-state index >= 15 is 0 Å². The van der Waals surface area contributed by atoms with Crippen LogP contribution in [0.4, 0.5) is 5.69 Å². The summed E-state index contributed by atoms with van der Waals surface area (Å²) in [5.74, 6) is -0.732. The van der Waals surface area contributed by atoms with Crippen LogP contribution in [0.2, 0.25) is 5.02 Å². The Kier molecular flexibility index (Phi) is 9.07. The fraction of sp³-hybridized carbons (Fsp3) is 0.160. The highest BCUT2D eigenvalue weighted by Gasteiger charge is 2.21. The van der Waals surface area contributed by atoms with Gasteiger partial charge < -0.3 is 14.8 Å². The number of ether oxygens (including phenoxy) is 2. The molecule has 7 nitrogen and oxygen atoms in total. The number of carbonyl (C=O) groups excluding carboxylic acids is 2. The molecule has 0 heterocycles. The summed E-state index contributed by atoms with van der Waals surface area (Å²) in [6, 6.07) is 19.7. The van der Waals surface area contributed by atoms with Gasteiger partial charge in [0.05, 0.1) is 13.3 Å². The summed E-state index contributed by atoms with van der Waals surface area (Å²) in [5, 5.41) is 7.31. The van der Waals surface area contributed by atoms with Gasteiger partial charge in [-0.3, -0.25) is 9.59 Å². The number of hydrogen-bond acceptors (Lipinski definition) is 5. The maximum atomic E-state index is 12.4. The van der Waals surface area contributed by atoms with Crippen molar-refractivity contribution >= 4 is 51.2 Å². The van der Waals surface area contributed by atoms with E-state index in [1.807, 2.05) is 24.3 Å². The molecule has 0 saturated heterocycles. The fourth-order valence-corrected chi connectivity index (χ4v) is 3.40. The Morgan fingerprint density at radius 3 is 2.53 bits per heavy atom. The second kappa shape index (κ2) is 12.2. The first-order chi connectivity index (χ1) is 16.4. The highest BCUT2D eigenvalue weighted by atomic mass is 79.9. The zero-order valence-electron chi connectivity index (χ0n) is 18.5. The number of hydrazone groups is 1. The number of amides is 2. The van der Waals surface area contributed by atoms with E-state index in [9.17, 15) is 9.59 Å². The zero-order chi connectivity index (χ0) is 24.5. The topological polar surface area (TPSA) is 89.0 Å². The van der Waals surface area contributed by atoms with Crippen LogP contribution < -0.4 is 20.2 Å². The van der Waals surface area contributed by atoms with E-state index in [0.29, 0.717) is 27.8 Å². The zero-order valence-corrected chi connectivity index (χ0v) is 20.9. The minimum atomic E-state index is -0.960. The third kappa shape index (κ3) is 7.07. The van der Waals surface area contributed by atoms with Crippen LogP contribution in [0, 0.1) is 5.92 Å². The predicted molar refractivity (Wildman–Crippen MR) is 136 cm³/mol. The number of rotatable bonds is 9. The number of methoxy groups -OCH3 is 1. The summed E-state index contributed by atoms with van der Waals surface area (Å²) < 4.78 is 11.8. The van der Waals surface area contributed by atoms with Crippen LogP contribution in [0.15, 0.2) is 76.3 Å². The molecule has 0 radical (unpaired) electrons. The van der Waals surface area contributed by atoms with Crippen LogP contribution in [0.1, 0.15) is 18.1 Å². The van der Waals surface area contributed by atoms with Crippen LogP contribution in [0.5, 0.6) is 11.5 Å². The Morgan fingerprint density at radius 2 is 1.82 bits per heavy atom. The van der Waals surface area contributed by atoms with Gasteiger partial charge in [-0.25, -0.2) is 5.43 Å². The largest absolute Gasteiger partial charge is 0.497 e. The predicted octanol–water partition coefficient (Wildman–Crippen LogP) is 5.42. The van der Waals surface area contributed by atoms with Crippen LogP contribution in [-0.2, 0) is 16.2 Å². The van der Waals surface area contributed by atoms with E-state index in [1.54, 1.807) is 49.6 Å². The number of nitrogens with zero attached hydrogens (tertiary/aromatic N) is 1. The van der Waals surface area contributed by atoms with Crippen molar-refractivity contribution in [2.75, 3.05) is 12.4 Å². The molecule has 0 saturated carbocycles. The average molecular weight is 545 g/mol. The molecule has 3 rings (SSSR count). The van der Waals surface area contributed by atoms with Gasteiger partial charge in [0.2, 0.25) is 5.91 Å². The molecule has 0 aliphatic rings. The van der Waals surface area contributed by atoms with Crippen molar-refractivity contribution in [3.05, 3.63) is 87.4 Å². The number of nitrogens with one attached hydrogen (secondary N) is 2. The quantitative estimate of drug-likeness (QED) is 0.214. The molecule has 34 heavy (non-hydrogen) atoms. The lowest BCUT2D eigenvalue weighted by molar-refractivity contribution is -0.131. The summed E-state index contributed by atoms with van der Waals surface area (Å²) in [4.78, 5) is 24.8. The number of hydrogen-bond donors (Lipinski definition) is 2. The van der Waals surface area contributed by atoms with Gasteiger partial charge in [-0.1, -0.05) is 45.7 Å². The standard InChI is InChI=1S/C25H23BrClN3O4/c1-16(24(31)29-20-8-10-21(33-2)11-9-20)25(32)30-28-14-18-13-19(26)7-12-23(18)34-15-17-5-3-4-6-22(17)27/h3-14,16H,15H2,1-2H3,(H,29,31)(H,30,32). The maximum absolute atomic E-state index is 12.4.